The molecule has 1 aromatic carbocycles. The molecule has 6 heteroatoms. The number of carbonyl (C=O) groups is 2. The van der Waals surface area contributed by atoms with Crippen molar-refractivity contribution in [2.45, 2.75) is 59.5 Å². The summed E-state index contributed by atoms with van der Waals surface area (Å²) >= 11 is 0. The van der Waals surface area contributed by atoms with Crippen LogP contribution in [0, 0.1) is 0 Å². The smallest absolute Gasteiger partial charge is 0.428 e. The molecule has 0 bridgehead atoms. The van der Waals surface area contributed by atoms with E-state index in [-0.39, 0.29) is 5.97 Å². The van der Waals surface area contributed by atoms with Crippen LogP contribution < -0.4 is 5.43 Å². The van der Waals surface area contributed by atoms with Crippen molar-refractivity contribution in [1.82, 2.24) is 5.43 Å². The maximum atomic E-state index is 11.8. The Kier molecular flexibility index (Phi) is 8.11. The Bertz CT molecular complexity index is 601. The van der Waals surface area contributed by atoms with Gasteiger partial charge in [0.25, 0.3) is 0 Å². The quantitative estimate of drug-likeness (QED) is 0.453. The second kappa shape index (κ2) is 9.81. The van der Waals surface area contributed by atoms with E-state index in [4.69, 9.17) is 9.47 Å². The molecule has 0 aliphatic heterocycles. The first-order valence-corrected chi connectivity index (χ1v) is 8.60. The van der Waals surface area contributed by atoms with Gasteiger partial charge in [-0.2, -0.15) is 5.10 Å². The molecule has 1 N–H and O–H groups in total. The third-order valence-corrected chi connectivity index (χ3v) is 3.18. The predicted molar refractivity (Wildman–Crippen MR) is 97.8 cm³/mol. The van der Waals surface area contributed by atoms with E-state index in [9.17, 15) is 9.59 Å². The normalized spacial score (nSPS) is 11.8. The fourth-order valence-electron chi connectivity index (χ4n) is 2.04. The minimum Gasteiger partial charge on any atom is -0.462 e. The van der Waals surface area contributed by atoms with Gasteiger partial charge in [-0.1, -0.05) is 25.5 Å². The molecule has 0 saturated heterocycles. The second-order valence-corrected chi connectivity index (χ2v) is 6.57. The van der Waals surface area contributed by atoms with Gasteiger partial charge < -0.3 is 9.47 Å². The summed E-state index contributed by atoms with van der Waals surface area (Å²) in [6, 6.07) is 7.00. The van der Waals surface area contributed by atoms with E-state index < -0.39 is 11.7 Å². The Morgan fingerprint density at radius 2 is 1.68 bits per heavy atom. The van der Waals surface area contributed by atoms with Crippen molar-refractivity contribution < 1.29 is 19.1 Å². The molecule has 25 heavy (non-hydrogen) atoms. The number of esters is 1. The number of rotatable bonds is 7. The number of hydrogen-bond donors (Lipinski definition) is 1. The number of nitrogens with zero attached hydrogens (tertiary/aromatic N) is 1. The van der Waals surface area contributed by atoms with Crippen molar-refractivity contribution in [3.05, 3.63) is 35.4 Å². The third-order valence-electron chi connectivity index (χ3n) is 3.18. The van der Waals surface area contributed by atoms with Crippen LogP contribution in [0.4, 0.5) is 4.79 Å². The summed E-state index contributed by atoms with van der Waals surface area (Å²) in [5.41, 5.74) is 3.93. The molecule has 138 valence electrons. The van der Waals surface area contributed by atoms with Gasteiger partial charge in [0.15, 0.2) is 0 Å². The summed E-state index contributed by atoms with van der Waals surface area (Å²) in [6.45, 7) is 9.57. The largest absolute Gasteiger partial charge is 0.462 e. The van der Waals surface area contributed by atoms with Crippen molar-refractivity contribution in [2.75, 3.05) is 6.61 Å². The first kappa shape index (κ1) is 20.7. The number of carbonyl (C=O) groups excluding carboxylic acids is 2. The van der Waals surface area contributed by atoms with Crippen LogP contribution in [-0.2, 0) is 9.47 Å². The molecular weight excluding hydrogens is 320 g/mol. The van der Waals surface area contributed by atoms with Crippen LogP contribution in [-0.4, -0.2) is 30.0 Å². The number of amides is 1. The molecule has 0 aliphatic carbocycles. The van der Waals surface area contributed by atoms with E-state index in [2.05, 4.69) is 17.5 Å². The van der Waals surface area contributed by atoms with Gasteiger partial charge >= 0.3 is 12.1 Å². The van der Waals surface area contributed by atoms with Crippen molar-refractivity contribution in [3.63, 3.8) is 0 Å². The van der Waals surface area contributed by atoms with Crippen LogP contribution in [0.15, 0.2) is 29.4 Å². The molecule has 0 heterocycles. The molecule has 6 nitrogen and oxygen atoms in total. The number of unbranched alkanes of at least 4 members (excludes halogenated alkanes) is 1. The molecule has 0 unspecified atom stereocenters. The number of hydrazone groups is 1. The molecule has 0 aliphatic rings. The van der Waals surface area contributed by atoms with Gasteiger partial charge in [0.1, 0.15) is 5.60 Å². The summed E-state index contributed by atoms with van der Waals surface area (Å²) < 4.78 is 10.2. The zero-order valence-electron chi connectivity index (χ0n) is 15.7. The average Bonchev–Trinajstić information content (AvgIpc) is 2.54. The number of benzene rings is 1. The molecule has 1 aromatic rings. The Morgan fingerprint density at radius 1 is 1.08 bits per heavy atom. The molecule has 0 radical (unpaired) electrons. The molecule has 0 aromatic heterocycles. The summed E-state index contributed by atoms with van der Waals surface area (Å²) in [7, 11) is 0. The molecule has 0 spiro atoms. The highest BCUT2D eigenvalue weighted by molar-refractivity contribution is 6.01. The lowest BCUT2D eigenvalue weighted by Crippen LogP contribution is -2.30. The highest BCUT2D eigenvalue weighted by Gasteiger charge is 2.16. The average molecular weight is 348 g/mol. The fraction of sp³-hybridized carbons (Fsp3) is 0.526. The molecule has 1 amide bonds. The van der Waals surface area contributed by atoms with Gasteiger partial charge in [-0.15, -0.1) is 0 Å². The van der Waals surface area contributed by atoms with Crippen LogP contribution >= 0.6 is 0 Å². The molecular formula is C19H28N2O4. The number of hydrogen-bond acceptors (Lipinski definition) is 5. The maximum absolute atomic E-state index is 11.8. The molecule has 0 fully saturated rings. The van der Waals surface area contributed by atoms with Crippen LogP contribution in [0.25, 0.3) is 0 Å². The van der Waals surface area contributed by atoms with E-state index >= 15 is 0 Å². The first-order chi connectivity index (χ1) is 11.8. The zero-order valence-corrected chi connectivity index (χ0v) is 15.7. The minimum absolute atomic E-state index is 0.337. The van der Waals surface area contributed by atoms with Crippen molar-refractivity contribution in [2.24, 2.45) is 5.10 Å². The standard InChI is InChI=1S/C19H28N2O4/c1-6-8-9-16(20-21-18(23)25-19(3,4)5)14-10-12-15(13-11-14)17(22)24-7-2/h10-13H,6-9H2,1-5H3,(H,21,23)/b20-16+. The van der Waals surface area contributed by atoms with Crippen molar-refractivity contribution in [1.29, 1.82) is 0 Å². The zero-order chi connectivity index (χ0) is 18.9. The van der Waals surface area contributed by atoms with Gasteiger partial charge in [-0.3, -0.25) is 0 Å². The van der Waals surface area contributed by atoms with Crippen LogP contribution in [0.3, 0.4) is 0 Å². The number of ether oxygens (including phenoxy) is 2. The lowest BCUT2D eigenvalue weighted by atomic mass is 10.0. The van der Waals surface area contributed by atoms with Crippen molar-refractivity contribution >= 4 is 17.8 Å². The van der Waals surface area contributed by atoms with E-state index in [1.54, 1.807) is 52.0 Å². The van der Waals surface area contributed by atoms with E-state index in [1.807, 2.05) is 0 Å². The van der Waals surface area contributed by atoms with Gasteiger partial charge in [-0.05, 0) is 58.2 Å². The van der Waals surface area contributed by atoms with Crippen LogP contribution in [0.1, 0.15) is 69.8 Å². The second-order valence-electron chi connectivity index (χ2n) is 6.57. The summed E-state index contributed by atoms with van der Waals surface area (Å²) in [6.07, 6.45) is 2.07. The topological polar surface area (TPSA) is 77.0 Å². The minimum atomic E-state index is -0.593. The Hall–Kier alpha value is -2.37. The number of nitrogens with one attached hydrogen (secondary N) is 1. The molecule has 0 atom stereocenters. The molecule has 0 saturated carbocycles. The van der Waals surface area contributed by atoms with Crippen molar-refractivity contribution in [3.8, 4) is 0 Å². The van der Waals surface area contributed by atoms with E-state index in [0.29, 0.717) is 18.6 Å². The monoisotopic (exact) mass is 348 g/mol. The highest BCUT2D eigenvalue weighted by Crippen LogP contribution is 2.12. The lowest BCUT2D eigenvalue weighted by Gasteiger charge is -2.18. The summed E-state index contributed by atoms with van der Waals surface area (Å²) in [5.74, 6) is -0.354. The Balaban J connectivity index is 2.88. The predicted octanol–water partition coefficient (Wildman–Crippen LogP) is 4.28. The van der Waals surface area contributed by atoms with Gasteiger partial charge in [-0.25, -0.2) is 15.0 Å². The van der Waals surface area contributed by atoms with Gasteiger partial charge in [0.2, 0.25) is 0 Å². The SMILES string of the molecule is CCCC/C(=N\NC(=O)OC(C)(C)C)c1ccc(C(=O)OCC)cc1. The highest BCUT2D eigenvalue weighted by atomic mass is 16.6. The molecule has 1 rings (SSSR count). The Labute approximate surface area is 149 Å². The van der Waals surface area contributed by atoms with E-state index in [1.165, 1.54) is 0 Å². The lowest BCUT2D eigenvalue weighted by molar-refractivity contribution is 0.0517. The Morgan fingerprint density at radius 3 is 2.20 bits per heavy atom. The van der Waals surface area contributed by atoms with Crippen LogP contribution in [0.2, 0.25) is 0 Å². The van der Waals surface area contributed by atoms with E-state index in [0.717, 1.165) is 24.1 Å². The summed E-state index contributed by atoms with van der Waals surface area (Å²) in [4.78, 5) is 23.5. The third kappa shape index (κ3) is 7.83. The maximum Gasteiger partial charge on any atom is 0.428 e. The van der Waals surface area contributed by atoms with Gasteiger partial charge in [0.05, 0.1) is 17.9 Å². The van der Waals surface area contributed by atoms with Crippen LogP contribution in [0.5, 0.6) is 0 Å². The first-order valence-electron chi connectivity index (χ1n) is 8.60. The fourth-order valence-corrected chi connectivity index (χ4v) is 2.04. The summed E-state index contributed by atoms with van der Waals surface area (Å²) in [5, 5.41) is 4.20. The van der Waals surface area contributed by atoms with Gasteiger partial charge in [0, 0.05) is 0 Å².